The highest BCUT2D eigenvalue weighted by Crippen LogP contribution is 2.27. The van der Waals surface area contributed by atoms with Crippen molar-refractivity contribution in [3.8, 4) is 0 Å². The van der Waals surface area contributed by atoms with Gasteiger partial charge in [-0.15, -0.1) is 35.0 Å². The molecule has 1 aliphatic rings. The molecule has 0 radical (unpaired) electrons. The molecule has 0 aliphatic heterocycles. The Morgan fingerprint density at radius 2 is 2.00 bits per heavy atom. The van der Waals surface area contributed by atoms with E-state index in [-0.39, 0.29) is 30.7 Å². The number of carbonyl (C=O) groups is 1. The smallest absolute Gasteiger partial charge is 0.240 e. The fourth-order valence-electron chi connectivity index (χ4n) is 2.58. The number of fused-ring (bicyclic) bond motifs is 1. The van der Waals surface area contributed by atoms with E-state index in [4.69, 9.17) is 5.73 Å². The molecule has 6 nitrogen and oxygen atoms in total. The maximum Gasteiger partial charge on any atom is 0.240 e. The Hall–Kier alpha value is -1.37. The summed E-state index contributed by atoms with van der Waals surface area (Å²) in [5.74, 6) is 0.628. The second-order valence-corrected chi connectivity index (χ2v) is 5.09. The van der Waals surface area contributed by atoms with Gasteiger partial charge in [0.2, 0.25) is 5.91 Å². The molecule has 1 saturated carbocycles. The summed E-state index contributed by atoms with van der Waals surface area (Å²) in [6, 6.07) is 5.68. The van der Waals surface area contributed by atoms with Crippen LogP contribution in [0.15, 0.2) is 24.4 Å². The van der Waals surface area contributed by atoms with Crippen LogP contribution in [-0.2, 0) is 11.3 Å². The first-order valence-electron chi connectivity index (χ1n) is 6.55. The fourth-order valence-corrected chi connectivity index (χ4v) is 2.58. The number of hydrogen-bond acceptors (Lipinski definition) is 4. The fraction of sp³-hybridized carbons (Fsp3) is 0.462. The molecule has 3 rings (SSSR count). The molecule has 0 atom stereocenters. The second kappa shape index (κ2) is 7.06. The van der Waals surface area contributed by atoms with E-state index in [9.17, 15) is 4.79 Å². The van der Waals surface area contributed by atoms with Gasteiger partial charge >= 0.3 is 0 Å². The Bertz CT molecular complexity index is 609. The molecule has 1 aliphatic carbocycles. The molecule has 8 heteroatoms. The van der Waals surface area contributed by atoms with E-state index in [1.54, 1.807) is 0 Å². The van der Waals surface area contributed by atoms with Gasteiger partial charge in [0, 0.05) is 6.20 Å². The molecule has 2 heterocycles. The zero-order chi connectivity index (χ0) is 13.3. The van der Waals surface area contributed by atoms with Gasteiger partial charge in [0.15, 0.2) is 11.5 Å². The van der Waals surface area contributed by atoms with Crippen molar-refractivity contribution in [3.05, 3.63) is 30.2 Å². The van der Waals surface area contributed by atoms with Gasteiger partial charge in [-0.25, -0.2) is 0 Å². The van der Waals surface area contributed by atoms with Crippen molar-refractivity contribution >= 4 is 36.4 Å². The van der Waals surface area contributed by atoms with E-state index in [0.717, 1.165) is 31.3 Å². The van der Waals surface area contributed by atoms with Gasteiger partial charge in [-0.05, 0) is 25.0 Å². The highest BCUT2D eigenvalue weighted by Gasteiger charge is 2.36. The zero-order valence-corrected chi connectivity index (χ0v) is 13.1. The van der Waals surface area contributed by atoms with E-state index in [0.29, 0.717) is 12.4 Å². The summed E-state index contributed by atoms with van der Waals surface area (Å²) in [6.45, 7) is 0.350. The lowest BCUT2D eigenvalue weighted by Gasteiger charge is -2.21. The minimum Gasteiger partial charge on any atom is -0.347 e. The maximum atomic E-state index is 12.1. The molecule has 0 saturated heterocycles. The number of hydrogen-bond donors (Lipinski definition) is 2. The molecule has 2 aromatic heterocycles. The summed E-state index contributed by atoms with van der Waals surface area (Å²) in [7, 11) is 0. The molecule has 0 aromatic carbocycles. The summed E-state index contributed by atoms with van der Waals surface area (Å²) >= 11 is 0. The predicted molar refractivity (Wildman–Crippen MR) is 84.7 cm³/mol. The molecular weight excluding hydrogens is 313 g/mol. The Labute approximate surface area is 135 Å². The normalized spacial score (nSPS) is 16.0. The number of nitrogens with two attached hydrogens (primary N) is 1. The van der Waals surface area contributed by atoms with Gasteiger partial charge in [0.05, 0.1) is 12.1 Å². The van der Waals surface area contributed by atoms with Crippen LogP contribution in [0.5, 0.6) is 0 Å². The van der Waals surface area contributed by atoms with Gasteiger partial charge in [-0.3, -0.25) is 9.20 Å². The van der Waals surface area contributed by atoms with Gasteiger partial charge in [-0.1, -0.05) is 18.9 Å². The minimum atomic E-state index is -0.694. The van der Waals surface area contributed by atoms with Crippen molar-refractivity contribution in [2.45, 2.75) is 37.8 Å². The maximum absolute atomic E-state index is 12.1. The molecule has 0 unspecified atom stereocenters. The van der Waals surface area contributed by atoms with E-state index >= 15 is 0 Å². The summed E-state index contributed by atoms with van der Waals surface area (Å²) in [4.78, 5) is 12.1. The highest BCUT2D eigenvalue weighted by atomic mass is 35.5. The summed E-state index contributed by atoms with van der Waals surface area (Å²) in [6.07, 6.45) is 5.46. The Morgan fingerprint density at radius 1 is 1.29 bits per heavy atom. The number of halogens is 2. The average molecular weight is 332 g/mol. The standard InChI is InChI=1S/C13H17N5O.2ClH/c14-13(6-2-3-7-13)12(19)15-9-11-17-16-10-5-1-4-8-18(10)11;;/h1,4-5,8H,2-3,6-7,9,14H2,(H,15,19);2*1H. The van der Waals surface area contributed by atoms with Crippen molar-refractivity contribution in [1.82, 2.24) is 19.9 Å². The van der Waals surface area contributed by atoms with Crippen molar-refractivity contribution in [2.24, 2.45) is 5.73 Å². The molecule has 116 valence electrons. The summed E-state index contributed by atoms with van der Waals surface area (Å²) < 4.78 is 1.86. The lowest BCUT2D eigenvalue weighted by Crippen LogP contribution is -2.51. The monoisotopic (exact) mass is 331 g/mol. The van der Waals surface area contributed by atoms with Crippen LogP contribution in [0.1, 0.15) is 31.5 Å². The van der Waals surface area contributed by atoms with Crippen LogP contribution in [0.3, 0.4) is 0 Å². The zero-order valence-electron chi connectivity index (χ0n) is 11.5. The molecule has 3 N–H and O–H groups in total. The largest absolute Gasteiger partial charge is 0.347 e. The van der Waals surface area contributed by atoms with Crippen molar-refractivity contribution < 1.29 is 4.79 Å². The summed E-state index contributed by atoms with van der Waals surface area (Å²) in [5.41, 5.74) is 6.18. The van der Waals surface area contributed by atoms with Crippen molar-refractivity contribution in [3.63, 3.8) is 0 Å². The average Bonchev–Trinajstić information content (AvgIpc) is 3.03. The van der Waals surface area contributed by atoms with E-state index < -0.39 is 5.54 Å². The van der Waals surface area contributed by atoms with Crippen LogP contribution in [-0.4, -0.2) is 26.0 Å². The molecule has 1 fully saturated rings. The third-order valence-electron chi connectivity index (χ3n) is 3.74. The first-order chi connectivity index (χ1) is 9.19. The van der Waals surface area contributed by atoms with Gasteiger partial charge in [0.25, 0.3) is 0 Å². The van der Waals surface area contributed by atoms with E-state index in [2.05, 4.69) is 15.5 Å². The Balaban J connectivity index is 0.00000110. The van der Waals surface area contributed by atoms with Crippen LogP contribution < -0.4 is 11.1 Å². The molecular formula is C13H19Cl2N5O. The molecule has 0 spiro atoms. The van der Waals surface area contributed by atoms with Crippen molar-refractivity contribution in [1.29, 1.82) is 0 Å². The first kappa shape index (κ1) is 17.7. The third-order valence-corrected chi connectivity index (χ3v) is 3.74. The SMILES string of the molecule is Cl.Cl.NC1(C(=O)NCc2nnc3ccccn23)CCCC1. The van der Waals surface area contributed by atoms with Crippen LogP contribution >= 0.6 is 24.8 Å². The Kier molecular flexibility index (Phi) is 5.95. The number of nitrogens with one attached hydrogen (secondary N) is 1. The molecule has 0 bridgehead atoms. The van der Waals surface area contributed by atoms with Crippen LogP contribution in [0, 0.1) is 0 Å². The van der Waals surface area contributed by atoms with Gasteiger partial charge in [0.1, 0.15) is 0 Å². The lowest BCUT2D eigenvalue weighted by molar-refractivity contribution is -0.126. The number of aromatic nitrogens is 3. The van der Waals surface area contributed by atoms with Crippen LogP contribution in [0.2, 0.25) is 0 Å². The molecule has 1 amide bonds. The van der Waals surface area contributed by atoms with Gasteiger partial charge < -0.3 is 11.1 Å². The van der Waals surface area contributed by atoms with Crippen molar-refractivity contribution in [2.75, 3.05) is 0 Å². The third kappa shape index (κ3) is 3.45. The van der Waals surface area contributed by atoms with E-state index in [1.165, 1.54) is 0 Å². The number of pyridine rings is 1. The lowest BCUT2D eigenvalue weighted by atomic mass is 9.98. The minimum absolute atomic E-state index is 0. The Morgan fingerprint density at radius 3 is 2.71 bits per heavy atom. The number of carbonyl (C=O) groups excluding carboxylic acids is 1. The van der Waals surface area contributed by atoms with E-state index in [1.807, 2.05) is 28.8 Å². The predicted octanol–water partition coefficient (Wildman–Crippen LogP) is 1.46. The number of nitrogens with zero attached hydrogens (tertiary/aromatic N) is 3. The molecule has 21 heavy (non-hydrogen) atoms. The quantitative estimate of drug-likeness (QED) is 0.891. The van der Waals surface area contributed by atoms with Crippen LogP contribution in [0.25, 0.3) is 5.65 Å². The van der Waals surface area contributed by atoms with Crippen LogP contribution in [0.4, 0.5) is 0 Å². The summed E-state index contributed by atoms with van der Waals surface area (Å²) in [5, 5.41) is 11.0. The first-order valence-corrected chi connectivity index (χ1v) is 6.55. The molecule has 2 aromatic rings. The second-order valence-electron chi connectivity index (χ2n) is 5.09. The highest BCUT2D eigenvalue weighted by molar-refractivity contribution is 5.86. The van der Waals surface area contributed by atoms with Gasteiger partial charge in [-0.2, -0.15) is 0 Å². The number of amides is 1. The number of rotatable bonds is 3. The topological polar surface area (TPSA) is 85.3 Å².